The maximum Gasteiger partial charge on any atom is 0.417 e. The van der Waals surface area contributed by atoms with Gasteiger partial charge in [0, 0.05) is 43.1 Å². The molecule has 0 spiro atoms. The summed E-state index contributed by atoms with van der Waals surface area (Å²) in [5.74, 6) is -2.02. The Morgan fingerprint density at radius 1 is 1.18 bits per heavy atom. The van der Waals surface area contributed by atoms with Crippen LogP contribution in [0.15, 0.2) is 36.8 Å². The molecular formula is C26H29F4N5O4. The quantitative estimate of drug-likeness (QED) is 0.387. The maximum atomic E-state index is 14.6. The molecule has 13 heteroatoms. The number of alkyl halides is 3. The van der Waals surface area contributed by atoms with Gasteiger partial charge in [-0.2, -0.15) is 13.2 Å². The van der Waals surface area contributed by atoms with Crippen LogP contribution >= 0.6 is 0 Å². The van der Waals surface area contributed by atoms with E-state index in [0.717, 1.165) is 0 Å². The molecule has 3 aromatic heterocycles. The number of aromatic nitrogens is 3. The van der Waals surface area contributed by atoms with Crippen molar-refractivity contribution in [2.24, 2.45) is 0 Å². The molecule has 3 aromatic rings. The molecular weight excluding hydrogens is 522 g/mol. The van der Waals surface area contributed by atoms with Crippen molar-refractivity contribution in [1.29, 1.82) is 0 Å². The van der Waals surface area contributed by atoms with Gasteiger partial charge in [0.1, 0.15) is 5.69 Å². The van der Waals surface area contributed by atoms with E-state index in [2.05, 4.69) is 20.2 Å². The number of pyridine rings is 2. The second-order valence-electron chi connectivity index (χ2n) is 10.8. The molecule has 2 fully saturated rings. The van der Waals surface area contributed by atoms with Gasteiger partial charge in [-0.25, -0.2) is 9.37 Å². The van der Waals surface area contributed by atoms with Crippen LogP contribution < -0.4 is 5.32 Å². The van der Waals surface area contributed by atoms with Gasteiger partial charge >= 0.3 is 6.18 Å². The van der Waals surface area contributed by atoms with Gasteiger partial charge < -0.3 is 20.3 Å². The number of hydrogen-bond donors (Lipinski definition) is 3. The third-order valence-electron chi connectivity index (χ3n) is 7.05. The summed E-state index contributed by atoms with van der Waals surface area (Å²) in [4.78, 5) is 23.3. The molecule has 2 atom stereocenters. The summed E-state index contributed by atoms with van der Waals surface area (Å²) in [6.07, 6.45) is -0.781. The van der Waals surface area contributed by atoms with Gasteiger partial charge in [-0.15, -0.1) is 0 Å². The molecule has 0 unspecified atom stereocenters. The molecule has 1 amide bonds. The number of carbonyl (C=O) groups is 1. The van der Waals surface area contributed by atoms with E-state index < -0.39 is 41.2 Å². The summed E-state index contributed by atoms with van der Waals surface area (Å²) in [6, 6.07) is 3.15. The summed E-state index contributed by atoms with van der Waals surface area (Å²) < 4.78 is 60.7. The molecule has 39 heavy (non-hydrogen) atoms. The van der Waals surface area contributed by atoms with Crippen molar-refractivity contribution in [3.63, 3.8) is 0 Å². The normalized spacial score (nSPS) is 24.2. The zero-order chi connectivity index (χ0) is 28.1. The number of amides is 1. The van der Waals surface area contributed by atoms with Crippen LogP contribution in [-0.4, -0.2) is 85.1 Å². The van der Waals surface area contributed by atoms with Gasteiger partial charge in [0.25, 0.3) is 5.91 Å². The fourth-order valence-corrected chi connectivity index (χ4v) is 4.92. The fraction of sp³-hybridized carbons (Fsp3) is 0.500. The number of carbonyl (C=O) groups excluding carboxylic acids is 1. The van der Waals surface area contributed by atoms with Crippen molar-refractivity contribution in [1.82, 2.24) is 24.8 Å². The topological polar surface area (TPSA) is 113 Å². The van der Waals surface area contributed by atoms with E-state index >= 15 is 0 Å². The highest BCUT2D eigenvalue weighted by atomic mass is 19.4. The molecule has 0 bridgehead atoms. The molecule has 5 rings (SSSR count). The van der Waals surface area contributed by atoms with Gasteiger partial charge in [0.15, 0.2) is 11.6 Å². The van der Waals surface area contributed by atoms with E-state index in [1.54, 1.807) is 19.9 Å². The standard InChI is InChI=1S/C26H29F4N5O4/c1-25(2,38)13-39-22-12-34(16-6-17(36)7-16)11-20(22)33-24(37)19-8-21-14(9-31-19)3-4-35(21)23-18(27)5-15(10-32-23)26(28,29)30/h3-5,8-10,16-17,20,22,36,38H,6-7,11-13H2,1-2H3,(H,33,37)/t16?,17?,20-,22-/m1/s1. The second-order valence-corrected chi connectivity index (χ2v) is 10.8. The Balaban J connectivity index is 1.36. The summed E-state index contributed by atoms with van der Waals surface area (Å²) in [6.45, 7) is 4.32. The average Bonchev–Trinajstić information content (AvgIpc) is 3.43. The molecule has 1 saturated carbocycles. The maximum absolute atomic E-state index is 14.6. The number of rotatable bonds is 7. The Morgan fingerprint density at radius 2 is 1.92 bits per heavy atom. The van der Waals surface area contributed by atoms with Crippen molar-refractivity contribution >= 4 is 16.8 Å². The van der Waals surface area contributed by atoms with Crippen LogP contribution in [0.1, 0.15) is 42.7 Å². The minimum Gasteiger partial charge on any atom is -0.393 e. The second kappa shape index (κ2) is 10.1. The molecule has 1 aliphatic heterocycles. The summed E-state index contributed by atoms with van der Waals surface area (Å²) in [7, 11) is 0. The minimum absolute atomic E-state index is 0.0218. The van der Waals surface area contributed by atoms with Crippen molar-refractivity contribution < 1.29 is 37.3 Å². The molecule has 210 valence electrons. The smallest absolute Gasteiger partial charge is 0.393 e. The minimum atomic E-state index is -4.73. The van der Waals surface area contributed by atoms with Crippen LogP contribution in [-0.2, 0) is 10.9 Å². The van der Waals surface area contributed by atoms with E-state index in [1.165, 1.54) is 23.0 Å². The highest BCUT2D eigenvalue weighted by molar-refractivity contribution is 5.96. The lowest BCUT2D eigenvalue weighted by molar-refractivity contribution is -0.138. The monoisotopic (exact) mass is 551 g/mol. The summed E-state index contributed by atoms with van der Waals surface area (Å²) in [5.41, 5.74) is -1.90. The lowest BCUT2D eigenvalue weighted by Gasteiger charge is -2.38. The Labute approximate surface area is 221 Å². The molecule has 1 saturated heterocycles. The van der Waals surface area contributed by atoms with Gasteiger partial charge in [-0.3, -0.25) is 19.2 Å². The van der Waals surface area contributed by atoms with Crippen LogP contribution in [0.5, 0.6) is 0 Å². The highest BCUT2D eigenvalue weighted by Gasteiger charge is 2.42. The lowest BCUT2D eigenvalue weighted by atomic mass is 9.88. The van der Waals surface area contributed by atoms with E-state index in [-0.39, 0.29) is 30.3 Å². The first-order valence-corrected chi connectivity index (χ1v) is 12.6. The number of nitrogens with zero attached hydrogens (tertiary/aromatic N) is 4. The molecule has 4 heterocycles. The number of halogens is 4. The molecule has 9 nitrogen and oxygen atoms in total. The van der Waals surface area contributed by atoms with Gasteiger partial charge in [0.05, 0.1) is 41.5 Å². The Bertz CT molecular complexity index is 1370. The molecule has 3 N–H and O–H groups in total. The van der Waals surface area contributed by atoms with Crippen LogP contribution in [0.4, 0.5) is 17.6 Å². The zero-order valence-electron chi connectivity index (χ0n) is 21.3. The Morgan fingerprint density at radius 3 is 2.56 bits per heavy atom. The number of likely N-dealkylation sites (tertiary alicyclic amines) is 1. The van der Waals surface area contributed by atoms with Crippen molar-refractivity contribution in [3.05, 3.63) is 53.9 Å². The summed E-state index contributed by atoms with van der Waals surface area (Å²) >= 11 is 0. The van der Waals surface area contributed by atoms with Crippen molar-refractivity contribution in [3.8, 4) is 5.82 Å². The lowest BCUT2D eigenvalue weighted by Crippen LogP contribution is -2.47. The largest absolute Gasteiger partial charge is 0.417 e. The molecule has 1 aliphatic carbocycles. The number of aliphatic hydroxyl groups excluding tert-OH is 1. The third kappa shape index (κ3) is 5.91. The number of nitrogens with one attached hydrogen (secondary N) is 1. The van der Waals surface area contributed by atoms with E-state index in [1.807, 2.05) is 0 Å². The number of aliphatic hydroxyl groups is 2. The van der Waals surface area contributed by atoms with E-state index in [0.29, 0.717) is 49.1 Å². The van der Waals surface area contributed by atoms with E-state index in [9.17, 15) is 32.6 Å². The predicted octanol–water partition coefficient (Wildman–Crippen LogP) is 2.67. The van der Waals surface area contributed by atoms with Crippen LogP contribution in [0.25, 0.3) is 16.7 Å². The van der Waals surface area contributed by atoms with Crippen molar-refractivity contribution in [2.75, 3.05) is 19.7 Å². The molecule has 0 radical (unpaired) electrons. The van der Waals surface area contributed by atoms with Crippen LogP contribution in [0, 0.1) is 5.82 Å². The molecule has 2 aliphatic rings. The van der Waals surface area contributed by atoms with Gasteiger partial charge in [-0.1, -0.05) is 0 Å². The Kier molecular flexibility index (Phi) is 7.12. The number of hydrogen-bond acceptors (Lipinski definition) is 7. The SMILES string of the molecule is CC(C)(O)CO[C@@H]1CN(C2CC(O)C2)C[C@H]1NC(=O)c1cc2c(ccn2-c2ncc(C(F)(F)F)cc2F)cn1. The number of fused-ring (bicyclic) bond motifs is 1. The first-order chi connectivity index (χ1) is 18.3. The Hall–Kier alpha value is -3.13. The van der Waals surface area contributed by atoms with E-state index in [4.69, 9.17) is 4.74 Å². The molecule has 0 aromatic carbocycles. The zero-order valence-corrected chi connectivity index (χ0v) is 21.3. The number of ether oxygens (including phenoxy) is 1. The fourth-order valence-electron chi connectivity index (χ4n) is 4.92. The third-order valence-corrected chi connectivity index (χ3v) is 7.05. The predicted molar refractivity (Wildman–Crippen MR) is 132 cm³/mol. The highest BCUT2D eigenvalue weighted by Crippen LogP contribution is 2.32. The average molecular weight is 552 g/mol. The first-order valence-electron chi connectivity index (χ1n) is 12.6. The van der Waals surface area contributed by atoms with Gasteiger partial charge in [-0.05, 0) is 44.9 Å². The first kappa shape index (κ1) is 27.4. The van der Waals surface area contributed by atoms with Crippen LogP contribution in [0.3, 0.4) is 0 Å². The van der Waals surface area contributed by atoms with Gasteiger partial charge in [0.2, 0.25) is 0 Å². The van der Waals surface area contributed by atoms with Crippen molar-refractivity contribution in [2.45, 2.75) is 62.8 Å². The van der Waals surface area contributed by atoms with Crippen LogP contribution in [0.2, 0.25) is 0 Å². The summed E-state index contributed by atoms with van der Waals surface area (Å²) in [5, 5.41) is 23.3.